The summed E-state index contributed by atoms with van der Waals surface area (Å²) in [4.78, 5) is 0. The SMILES string of the molecule is [CH-]1CO1.[CH3-].[U+2]. The van der Waals surface area contributed by atoms with E-state index in [-0.39, 0.29) is 38.5 Å². The molecule has 1 saturated heterocycles. The second-order valence-electron chi connectivity index (χ2n) is 0.500. The number of epoxide rings is 1. The van der Waals surface area contributed by atoms with Crippen LogP contribution in [0.3, 0.4) is 0 Å². The van der Waals surface area contributed by atoms with E-state index in [2.05, 4.69) is 4.74 Å². The second-order valence-corrected chi connectivity index (χ2v) is 0.500. The number of ether oxygens (including phenoxy) is 1. The predicted octanol–water partition coefficient (Wildman–Crippen LogP) is 0.629. The maximum absolute atomic E-state index is 4.38. The molecule has 0 saturated carbocycles. The first kappa shape index (κ1) is 9.38. The Kier molecular flexibility index (Phi) is 9.40. The summed E-state index contributed by atoms with van der Waals surface area (Å²) in [7, 11) is 0. The summed E-state index contributed by atoms with van der Waals surface area (Å²) in [6, 6.07) is 0. The summed E-state index contributed by atoms with van der Waals surface area (Å²) in [5.41, 5.74) is 0. The van der Waals surface area contributed by atoms with Crippen molar-refractivity contribution >= 4 is 0 Å². The van der Waals surface area contributed by atoms with E-state index in [0.29, 0.717) is 0 Å². The van der Waals surface area contributed by atoms with E-state index >= 15 is 0 Å². The van der Waals surface area contributed by atoms with Crippen LogP contribution in [0.5, 0.6) is 0 Å². The minimum absolute atomic E-state index is 0. The standard InChI is InChI=1S/C2H3O.CH3.U/c1-2-3-1;;/h1H,2H2;1H3;/q2*-1;+2. The van der Waals surface area contributed by atoms with Gasteiger partial charge in [0.25, 0.3) is 0 Å². The molecule has 5 heavy (non-hydrogen) atoms. The van der Waals surface area contributed by atoms with Crippen LogP contribution in [0.4, 0.5) is 0 Å². The van der Waals surface area contributed by atoms with E-state index in [4.69, 9.17) is 0 Å². The van der Waals surface area contributed by atoms with Crippen molar-refractivity contribution in [1.82, 2.24) is 0 Å². The van der Waals surface area contributed by atoms with Gasteiger partial charge in [0.15, 0.2) is 0 Å². The van der Waals surface area contributed by atoms with Gasteiger partial charge in [0.2, 0.25) is 0 Å². The monoisotopic (exact) mass is 296 g/mol. The third-order valence-electron chi connectivity index (χ3n) is 0.167. The number of hydrogen-bond acceptors (Lipinski definition) is 1. The molecule has 0 aromatic carbocycles. The van der Waals surface area contributed by atoms with Crippen molar-refractivity contribution in [2.24, 2.45) is 0 Å². The fourth-order valence-corrected chi connectivity index (χ4v) is 0. The molecule has 0 atom stereocenters. The van der Waals surface area contributed by atoms with Gasteiger partial charge in [-0.1, -0.05) is 6.61 Å². The van der Waals surface area contributed by atoms with Gasteiger partial charge in [-0.2, -0.15) is 6.61 Å². The summed E-state index contributed by atoms with van der Waals surface area (Å²) < 4.78 is 4.38. The van der Waals surface area contributed by atoms with Crippen LogP contribution >= 0.6 is 0 Å². The molecule has 1 fully saturated rings. The first-order valence-corrected chi connectivity index (χ1v) is 0.933. The molecule has 1 nitrogen and oxygen atoms in total. The first-order valence-electron chi connectivity index (χ1n) is 0.933. The molecule has 0 bridgehead atoms. The zero-order chi connectivity index (χ0) is 2.12. The van der Waals surface area contributed by atoms with Crippen LogP contribution in [0.15, 0.2) is 0 Å². The molecule has 0 aliphatic carbocycles. The van der Waals surface area contributed by atoms with Gasteiger partial charge in [0.1, 0.15) is 0 Å². The van der Waals surface area contributed by atoms with E-state index < -0.39 is 0 Å². The average molecular weight is 296 g/mol. The van der Waals surface area contributed by atoms with Gasteiger partial charge in [-0.25, -0.2) is 0 Å². The zero-order valence-corrected chi connectivity index (χ0v) is 7.36. The van der Waals surface area contributed by atoms with Crippen molar-refractivity contribution in [1.29, 1.82) is 0 Å². The molecule has 0 radical (unpaired) electrons. The molecule has 1 aliphatic heterocycles. The van der Waals surface area contributed by atoms with Gasteiger partial charge in [-0.3, -0.25) is 0 Å². The fraction of sp³-hybridized carbons (Fsp3) is 0.333. The molecule has 0 aromatic heterocycles. The molecule has 0 spiro atoms. The minimum Gasteiger partial charge on any atom is -0.574 e. The van der Waals surface area contributed by atoms with Gasteiger partial charge in [-0.05, 0) is 0 Å². The molecule has 1 aliphatic rings. The largest absolute Gasteiger partial charge is 2.00 e. The van der Waals surface area contributed by atoms with Gasteiger partial charge in [0.05, 0.1) is 0 Å². The Labute approximate surface area is 56.5 Å². The molecule has 0 amide bonds. The van der Waals surface area contributed by atoms with E-state index in [0.717, 1.165) is 6.61 Å². The van der Waals surface area contributed by atoms with E-state index in [1.54, 1.807) is 6.61 Å². The molecule has 1 heterocycles. The van der Waals surface area contributed by atoms with Crippen LogP contribution in [-0.4, -0.2) is 6.61 Å². The zero-order valence-electron chi connectivity index (χ0n) is 3.19. The maximum atomic E-state index is 4.38. The van der Waals surface area contributed by atoms with Crippen LogP contribution in [0.2, 0.25) is 0 Å². The number of rotatable bonds is 0. The molecule has 0 unspecified atom stereocenters. The van der Waals surface area contributed by atoms with Crippen molar-refractivity contribution in [3.8, 4) is 0 Å². The molecule has 0 N–H and O–H groups in total. The molecular formula is C3H6OU. The van der Waals surface area contributed by atoms with E-state index in [1.807, 2.05) is 0 Å². The molecule has 2 heteroatoms. The van der Waals surface area contributed by atoms with Gasteiger partial charge in [0, 0.05) is 0 Å². The molecule has 28 valence electrons. The third kappa shape index (κ3) is 11.2. The molecule has 0 aromatic rings. The summed E-state index contributed by atoms with van der Waals surface area (Å²) in [6.45, 7) is 2.62. The minimum atomic E-state index is 0. The first-order chi connectivity index (χ1) is 1.50. The van der Waals surface area contributed by atoms with Crippen LogP contribution in [0.1, 0.15) is 0 Å². The van der Waals surface area contributed by atoms with Crippen LogP contribution in [0.25, 0.3) is 0 Å². The maximum Gasteiger partial charge on any atom is 2.00 e. The topological polar surface area (TPSA) is 12.5 Å². The molecule has 1 rings (SSSR count). The van der Waals surface area contributed by atoms with Crippen molar-refractivity contribution in [3.05, 3.63) is 14.0 Å². The van der Waals surface area contributed by atoms with Crippen LogP contribution in [-0.2, 0) is 4.74 Å². The van der Waals surface area contributed by atoms with Gasteiger partial charge < -0.3 is 12.2 Å². The Morgan fingerprint density at radius 2 is 1.80 bits per heavy atom. The predicted molar refractivity (Wildman–Crippen MR) is 16.7 cm³/mol. The Morgan fingerprint density at radius 1 is 1.60 bits per heavy atom. The third-order valence-corrected chi connectivity index (χ3v) is 0.167. The Balaban J connectivity index is 0. The van der Waals surface area contributed by atoms with Crippen molar-refractivity contribution in [2.75, 3.05) is 6.61 Å². The average Bonchev–Trinajstić information content (AvgIpc) is 1.46. The Hall–Kier alpha value is 1.01. The van der Waals surface area contributed by atoms with Crippen LogP contribution in [0, 0.1) is 45.1 Å². The van der Waals surface area contributed by atoms with E-state index in [1.165, 1.54) is 0 Å². The summed E-state index contributed by atoms with van der Waals surface area (Å²) in [6.07, 6.45) is 0. The fourth-order valence-electron chi connectivity index (χ4n) is 0. The normalized spacial score (nSPS) is 14.4. The smallest absolute Gasteiger partial charge is 0.574 e. The number of hydrogen-bond donors (Lipinski definition) is 0. The van der Waals surface area contributed by atoms with Gasteiger partial charge >= 0.3 is 31.1 Å². The summed E-state index contributed by atoms with van der Waals surface area (Å²) >= 11 is 0. The summed E-state index contributed by atoms with van der Waals surface area (Å²) in [5.74, 6) is 0. The van der Waals surface area contributed by atoms with Crippen molar-refractivity contribution in [2.45, 2.75) is 0 Å². The van der Waals surface area contributed by atoms with Crippen molar-refractivity contribution < 1.29 is 35.9 Å². The second kappa shape index (κ2) is 5.01. The Morgan fingerprint density at radius 3 is 1.80 bits per heavy atom. The Bertz CT molecular complexity index is 11.6. The molecular weight excluding hydrogens is 290 g/mol. The summed E-state index contributed by atoms with van der Waals surface area (Å²) in [5, 5.41) is 0. The quantitative estimate of drug-likeness (QED) is 0.472. The van der Waals surface area contributed by atoms with Crippen LogP contribution < -0.4 is 0 Å². The van der Waals surface area contributed by atoms with Crippen molar-refractivity contribution in [3.63, 3.8) is 0 Å². The van der Waals surface area contributed by atoms with Gasteiger partial charge in [-0.15, -0.1) is 0 Å². The van der Waals surface area contributed by atoms with E-state index in [9.17, 15) is 0 Å².